The second kappa shape index (κ2) is 8.77. The Morgan fingerprint density at radius 2 is 0.865 bits per heavy atom. The number of hydrogen-bond acceptors (Lipinski definition) is 2. The first-order valence-electron chi connectivity index (χ1n) is 8.48. The van der Waals surface area contributed by atoms with Crippen LogP contribution in [0.4, 0.5) is 80.3 Å². The molecule has 21 heteroatoms. The van der Waals surface area contributed by atoms with E-state index in [1.807, 2.05) is 0 Å². The van der Waals surface area contributed by atoms with Crippen LogP contribution in [0, 0.1) is 0 Å². The molecule has 1 rings (SSSR count). The molecule has 0 fully saturated rings. The quantitative estimate of drug-likeness (QED) is 0.365. The average molecular weight is 582 g/mol. The number of nitrogens with one attached hydrogen (secondary N) is 1. The second-order valence-corrected chi connectivity index (χ2v) is 6.91. The van der Waals surface area contributed by atoms with Gasteiger partial charge in [-0.25, -0.2) is 0 Å². The molecule has 0 saturated carbocycles. The number of carbonyl (C=O) groups is 2. The maximum Gasteiger partial charge on any atom is 0.460 e. The summed E-state index contributed by atoms with van der Waals surface area (Å²) in [7, 11) is 0. The number of rotatable bonds is 9. The molecule has 0 aromatic heterocycles. The van der Waals surface area contributed by atoms with Gasteiger partial charge < -0.3 is 11.1 Å². The van der Waals surface area contributed by atoms with Crippen molar-refractivity contribution in [1.29, 1.82) is 0 Å². The average Bonchev–Trinajstić information content (AvgIpc) is 2.72. The normalized spacial score (nSPS) is 14.9. The Kier molecular flexibility index (Phi) is 7.59. The van der Waals surface area contributed by atoms with Crippen molar-refractivity contribution in [1.82, 2.24) is 0 Å². The van der Waals surface area contributed by atoms with Gasteiger partial charge in [0.1, 0.15) is 0 Å². The maximum absolute atomic E-state index is 13.8. The van der Waals surface area contributed by atoms with Gasteiger partial charge in [0.25, 0.3) is 0 Å². The molecular formula is C16H7F17N2O2. The topological polar surface area (TPSA) is 72.2 Å². The predicted octanol–water partition coefficient (Wildman–Crippen LogP) is 5.73. The number of primary amides is 1. The lowest BCUT2D eigenvalue weighted by molar-refractivity contribution is -0.459. The molecule has 0 unspecified atom stereocenters. The summed E-state index contributed by atoms with van der Waals surface area (Å²) < 4.78 is 224. The second-order valence-electron chi connectivity index (χ2n) is 6.91. The van der Waals surface area contributed by atoms with Crippen molar-refractivity contribution in [3.8, 4) is 0 Å². The lowest BCUT2D eigenvalue weighted by atomic mass is 9.89. The fraction of sp³-hybridized carbons (Fsp3) is 0.500. The highest BCUT2D eigenvalue weighted by Crippen LogP contribution is 2.63. The zero-order valence-electron chi connectivity index (χ0n) is 16.6. The van der Waals surface area contributed by atoms with E-state index in [9.17, 15) is 84.2 Å². The monoisotopic (exact) mass is 582 g/mol. The molecular weight excluding hydrogens is 575 g/mol. The lowest BCUT2D eigenvalue weighted by Gasteiger charge is -2.42. The summed E-state index contributed by atoms with van der Waals surface area (Å²) in [5.74, 6) is -63.4. The van der Waals surface area contributed by atoms with Crippen LogP contribution in [0.3, 0.4) is 0 Å². The predicted molar refractivity (Wildman–Crippen MR) is 84.3 cm³/mol. The van der Waals surface area contributed by atoms with Gasteiger partial charge in [0, 0.05) is 11.3 Å². The van der Waals surface area contributed by atoms with E-state index in [1.165, 1.54) is 0 Å². The van der Waals surface area contributed by atoms with E-state index in [1.54, 1.807) is 0 Å². The molecule has 1 aromatic carbocycles. The van der Waals surface area contributed by atoms with E-state index < -0.39 is 70.7 Å². The molecule has 0 aliphatic heterocycles. The van der Waals surface area contributed by atoms with E-state index in [4.69, 9.17) is 5.73 Å². The smallest absolute Gasteiger partial charge is 0.366 e. The molecule has 2 amide bonds. The Morgan fingerprint density at radius 1 is 0.541 bits per heavy atom. The van der Waals surface area contributed by atoms with E-state index in [0.717, 1.165) is 0 Å². The summed E-state index contributed by atoms with van der Waals surface area (Å²) >= 11 is 0. The molecule has 0 aliphatic carbocycles. The first kappa shape index (κ1) is 32.0. The molecule has 0 bridgehead atoms. The van der Waals surface area contributed by atoms with E-state index in [2.05, 4.69) is 0 Å². The summed E-state index contributed by atoms with van der Waals surface area (Å²) in [6.07, 6.45) is -7.86. The van der Waals surface area contributed by atoms with Gasteiger partial charge in [-0.05, 0) is 24.3 Å². The number of carbonyl (C=O) groups excluding carboxylic acids is 2. The van der Waals surface area contributed by atoms with Gasteiger partial charge in [-0.1, -0.05) is 0 Å². The molecule has 0 heterocycles. The van der Waals surface area contributed by atoms with Crippen LogP contribution in [0.15, 0.2) is 24.3 Å². The van der Waals surface area contributed by atoms with Gasteiger partial charge in [0.2, 0.25) is 5.91 Å². The minimum atomic E-state index is -8.79. The van der Waals surface area contributed by atoms with Crippen molar-refractivity contribution in [3.05, 3.63) is 29.8 Å². The minimum Gasteiger partial charge on any atom is -0.366 e. The number of hydrogen-bond donors (Lipinski definition) is 2. The molecule has 0 radical (unpaired) electrons. The Labute approximate surface area is 191 Å². The highest BCUT2D eigenvalue weighted by Gasteiger charge is 2.95. The van der Waals surface area contributed by atoms with Crippen LogP contribution < -0.4 is 11.1 Å². The zero-order chi connectivity index (χ0) is 29.8. The minimum absolute atomic E-state index is 0.410. The van der Waals surface area contributed by atoms with Crippen molar-refractivity contribution in [2.24, 2.45) is 5.73 Å². The van der Waals surface area contributed by atoms with Crippen molar-refractivity contribution in [2.75, 3.05) is 5.32 Å². The summed E-state index contributed by atoms with van der Waals surface area (Å²) in [5, 5.41) is 0.687. The van der Waals surface area contributed by atoms with E-state index in [-0.39, 0.29) is 0 Å². The van der Waals surface area contributed by atoms with Crippen LogP contribution in [-0.4, -0.2) is 59.4 Å². The molecule has 0 atom stereocenters. The van der Waals surface area contributed by atoms with Gasteiger partial charge in [-0.3, -0.25) is 9.59 Å². The van der Waals surface area contributed by atoms with Crippen LogP contribution in [0.2, 0.25) is 0 Å². The molecule has 3 N–H and O–H groups in total. The third-order valence-electron chi connectivity index (χ3n) is 4.43. The Balaban J connectivity index is 3.53. The summed E-state index contributed by atoms with van der Waals surface area (Å²) in [6, 6.07) is 2.01. The maximum atomic E-state index is 13.8. The van der Waals surface area contributed by atoms with Gasteiger partial charge in [-0.15, -0.1) is 0 Å². The summed E-state index contributed by atoms with van der Waals surface area (Å²) in [4.78, 5) is 22.2. The molecule has 0 spiro atoms. The molecule has 0 aliphatic rings. The molecule has 1 aromatic rings. The van der Waals surface area contributed by atoms with Crippen molar-refractivity contribution >= 4 is 17.5 Å². The highest BCUT2D eigenvalue weighted by atomic mass is 19.4. The fourth-order valence-electron chi connectivity index (χ4n) is 2.23. The third kappa shape index (κ3) is 4.48. The number of nitrogens with two attached hydrogens (primary N) is 1. The largest absolute Gasteiger partial charge is 0.460 e. The van der Waals surface area contributed by atoms with Gasteiger partial charge in [-0.2, -0.15) is 74.6 Å². The van der Waals surface area contributed by atoms with E-state index in [0.29, 0.717) is 29.6 Å². The lowest BCUT2D eigenvalue weighted by Crippen LogP contribution is -2.75. The first-order chi connectivity index (χ1) is 16.1. The fourth-order valence-corrected chi connectivity index (χ4v) is 2.23. The van der Waals surface area contributed by atoms with Crippen LogP contribution in [0.25, 0.3) is 0 Å². The first-order valence-corrected chi connectivity index (χ1v) is 8.48. The molecule has 0 saturated heterocycles. The Hall–Kier alpha value is -3.03. The van der Waals surface area contributed by atoms with Crippen LogP contribution in [0.1, 0.15) is 10.4 Å². The summed E-state index contributed by atoms with van der Waals surface area (Å²) in [5.41, 5.74) is 3.26. The van der Waals surface area contributed by atoms with Gasteiger partial charge >= 0.3 is 53.5 Å². The van der Waals surface area contributed by atoms with Crippen LogP contribution >= 0.6 is 0 Å². The molecule has 37 heavy (non-hydrogen) atoms. The van der Waals surface area contributed by atoms with Crippen molar-refractivity contribution in [2.45, 2.75) is 47.6 Å². The van der Waals surface area contributed by atoms with Crippen LogP contribution in [-0.2, 0) is 4.79 Å². The number of amides is 2. The highest BCUT2D eigenvalue weighted by molar-refractivity contribution is 5.98. The Morgan fingerprint density at radius 3 is 1.19 bits per heavy atom. The summed E-state index contributed by atoms with van der Waals surface area (Å²) in [6.45, 7) is 0. The van der Waals surface area contributed by atoms with Crippen LogP contribution in [0.5, 0.6) is 0 Å². The van der Waals surface area contributed by atoms with Crippen molar-refractivity contribution in [3.63, 3.8) is 0 Å². The molecule has 4 nitrogen and oxygen atoms in total. The Bertz CT molecular complexity index is 1030. The zero-order valence-corrected chi connectivity index (χ0v) is 16.6. The number of halogens is 17. The van der Waals surface area contributed by atoms with Crippen molar-refractivity contribution < 1.29 is 84.2 Å². The SMILES string of the molecule is NC(=O)c1ccc(NC(=O)C(F)(F)C(F)(F)C(F)(F)C(F)(F)C(F)(F)C(F)(F)C(F)(F)C(F)(F)F)cc1. The van der Waals surface area contributed by atoms with Gasteiger partial charge in [0.05, 0.1) is 0 Å². The number of alkyl halides is 17. The number of benzene rings is 1. The van der Waals surface area contributed by atoms with Gasteiger partial charge in [0.15, 0.2) is 0 Å². The molecule has 212 valence electrons. The number of anilines is 1. The standard InChI is InChI=1S/C16H7F17N2O2/c17-9(18,8(37)35-6-3-1-5(2-4-6)7(34)36)10(19,20)11(21,22)12(23,24)13(25,26)14(27,28)15(29,30)16(31,32)33/h1-4H,(H2,34,36)(H,35,37). The third-order valence-corrected chi connectivity index (χ3v) is 4.43. The van der Waals surface area contributed by atoms with E-state index >= 15 is 0 Å².